The second kappa shape index (κ2) is 5.50. The molecule has 1 aliphatic rings. The first-order valence-corrected chi connectivity index (χ1v) is 8.48. The van der Waals surface area contributed by atoms with Crippen molar-refractivity contribution in [2.45, 2.75) is 4.21 Å². The molecule has 2 heterocycles. The van der Waals surface area contributed by atoms with Gasteiger partial charge in [0.15, 0.2) is 11.5 Å². The van der Waals surface area contributed by atoms with E-state index in [4.69, 9.17) is 14.6 Å². The summed E-state index contributed by atoms with van der Waals surface area (Å²) in [6, 6.07) is 7.52. The zero-order valence-electron chi connectivity index (χ0n) is 11.1. The molecular weight excluding hydrogens is 330 g/mol. The molecule has 1 aromatic carbocycles. The predicted octanol–water partition coefficient (Wildman–Crippen LogP) is 1.76. The van der Waals surface area contributed by atoms with Gasteiger partial charge in [0.25, 0.3) is 10.0 Å². The lowest BCUT2D eigenvalue weighted by atomic mass is 10.3. The van der Waals surface area contributed by atoms with Gasteiger partial charge in [-0.3, -0.25) is 9.10 Å². The van der Waals surface area contributed by atoms with Crippen LogP contribution >= 0.6 is 11.3 Å². The van der Waals surface area contributed by atoms with Gasteiger partial charge in [-0.25, -0.2) is 8.42 Å². The van der Waals surface area contributed by atoms with Crippen molar-refractivity contribution in [3.63, 3.8) is 0 Å². The van der Waals surface area contributed by atoms with Crippen LogP contribution in [-0.4, -0.2) is 32.8 Å². The van der Waals surface area contributed by atoms with Gasteiger partial charge in [0.1, 0.15) is 10.8 Å². The third-order valence-corrected chi connectivity index (χ3v) is 6.11. The summed E-state index contributed by atoms with van der Waals surface area (Å²) in [6.07, 6.45) is 0. The molecule has 0 radical (unpaired) electrons. The van der Waals surface area contributed by atoms with Crippen molar-refractivity contribution in [2.75, 3.05) is 17.6 Å². The molecule has 0 aliphatic carbocycles. The van der Waals surface area contributed by atoms with Gasteiger partial charge in [-0.05, 0) is 23.6 Å². The van der Waals surface area contributed by atoms with Gasteiger partial charge in [-0.1, -0.05) is 6.07 Å². The van der Waals surface area contributed by atoms with Gasteiger partial charge in [0.2, 0.25) is 6.79 Å². The first kappa shape index (κ1) is 14.7. The van der Waals surface area contributed by atoms with Crippen LogP contribution in [0.25, 0.3) is 0 Å². The minimum atomic E-state index is -3.95. The predicted molar refractivity (Wildman–Crippen MR) is 79.1 cm³/mol. The number of aliphatic carboxylic acids is 1. The van der Waals surface area contributed by atoms with Gasteiger partial charge in [0, 0.05) is 6.07 Å². The van der Waals surface area contributed by atoms with E-state index in [0.29, 0.717) is 11.5 Å². The van der Waals surface area contributed by atoms with Gasteiger partial charge in [-0.2, -0.15) is 0 Å². The number of carboxylic acid groups (broad SMARTS) is 1. The summed E-state index contributed by atoms with van der Waals surface area (Å²) < 4.78 is 36.5. The standard InChI is InChI=1S/C13H11NO6S2/c15-12(16)7-14(22(17,18)13-2-1-5-21-13)9-3-4-10-11(6-9)20-8-19-10/h1-6H,7-8H2,(H,15,16). The summed E-state index contributed by atoms with van der Waals surface area (Å²) in [7, 11) is -3.95. The molecule has 1 N–H and O–H groups in total. The largest absolute Gasteiger partial charge is 0.480 e. The number of carbonyl (C=O) groups is 1. The summed E-state index contributed by atoms with van der Waals surface area (Å²) in [4.78, 5) is 11.1. The third kappa shape index (κ3) is 2.60. The fraction of sp³-hybridized carbons (Fsp3) is 0.154. The Kier molecular flexibility index (Phi) is 3.67. The zero-order valence-corrected chi connectivity index (χ0v) is 12.8. The van der Waals surface area contributed by atoms with Crippen LogP contribution in [0.1, 0.15) is 0 Å². The van der Waals surface area contributed by atoms with Gasteiger partial charge >= 0.3 is 5.97 Å². The van der Waals surface area contributed by atoms with Gasteiger partial charge in [-0.15, -0.1) is 11.3 Å². The first-order chi connectivity index (χ1) is 10.5. The molecule has 1 aliphatic heterocycles. The van der Waals surface area contributed by atoms with Crippen LogP contribution < -0.4 is 13.8 Å². The van der Waals surface area contributed by atoms with E-state index in [1.54, 1.807) is 17.5 Å². The van der Waals surface area contributed by atoms with E-state index in [1.165, 1.54) is 18.2 Å². The van der Waals surface area contributed by atoms with Crippen molar-refractivity contribution in [3.05, 3.63) is 35.7 Å². The molecule has 0 bridgehead atoms. The minimum Gasteiger partial charge on any atom is -0.480 e. The number of ether oxygens (including phenoxy) is 2. The maximum Gasteiger partial charge on any atom is 0.324 e. The second-order valence-electron chi connectivity index (χ2n) is 4.38. The highest BCUT2D eigenvalue weighted by Gasteiger charge is 2.29. The average Bonchev–Trinajstić information content (AvgIpc) is 3.14. The molecule has 116 valence electrons. The molecular formula is C13H11NO6S2. The number of carboxylic acids is 1. The van der Waals surface area contributed by atoms with E-state index in [1.807, 2.05) is 0 Å². The molecule has 0 saturated carbocycles. The molecule has 0 spiro atoms. The van der Waals surface area contributed by atoms with E-state index < -0.39 is 22.5 Å². The Hall–Kier alpha value is -2.26. The van der Waals surface area contributed by atoms with Crippen molar-refractivity contribution in [3.8, 4) is 11.5 Å². The minimum absolute atomic E-state index is 0.0510. The number of anilines is 1. The SMILES string of the molecule is O=C(O)CN(c1ccc2c(c1)OCO2)S(=O)(=O)c1cccs1. The van der Waals surface area contributed by atoms with Crippen LogP contribution in [0.2, 0.25) is 0 Å². The van der Waals surface area contributed by atoms with Crippen molar-refractivity contribution < 1.29 is 27.8 Å². The van der Waals surface area contributed by atoms with Crippen molar-refractivity contribution in [2.24, 2.45) is 0 Å². The quantitative estimate of drug-likeness (QED) is 0.891. The Labute approximate surface area is 130 Å². The first-order valence-electron chi connectivity index (χ1n) is 6.16. The van der Waals surface area contributed by atoms with Crippen molar-refractivity contribution in [1.82, 2.24) is 0 Å². The van der Waals surface area contributed by atoms with E-state index in [-0.39, 0.29) is 16.7 Å². The summed E-state index contributed by atoms with van der Waals surface area (Å²) >= 11 is 1.03. The lowest BCUT2D eigenvalue weighted by Gasteiger charge is -2.22. The monoisotopic (exact) mass is 341 g/mol. The molecule has 2 aromatic rings. The highest BCUT2D eigenvalue weighted by molar-refractivity contribution is 7.94. The van der Waals surface area contributed by atoms with Crippen LogP contribution in [-0.2, 0) is 14.8 Å². The van der Waals surface area contributed by atoms with Gasteiger partial charge in [0.05, 0.1) is 5.69 Å². The van der Waals surface area contributed by atoms with Crippen LogP contribution in [0.5, 0.6) is 11.5 Å². The lowest BCUT2D eigenvalue weighted by molar-refractivity contribution is -0.135. The molecule has 0 saturated heterocycles. The normalized spacial score (nSPS) is 13.1. The molecule has 3 rings (SSSR count). The smallest absolute Gasteiger partial charge is 0.324 e. The molecule has 0 amide bonds. The van der Waals surface area contributed by atoms with Crippen LogP contribution in [0, 0.1) is 0 Å². The zero-order chi connectivity index (χ0) is 15.7. The number of benzene rings is 1. The highest BCUT2D eigenvalue weighted by atomic mass is 32.2. The Morgan fingerprint density at radius 1 is 1.27 bits per heavy atom. The average molecular weight is 341 g/mol. The van der Waals surface area contributed by atoms with Crippen molar-refractivity contribution in [1.29, 1.82) is 0 Å². The van der Waals surface area contributed by atoms with Crippen LogP contribution in [0.4, 0.5) is 5.69 Å². The number of hydrogen-bond acceptors (Lipinski definition) is 6. The fourth-order valence-electron chi connectivity index (χ4n) is 2.00. The molecule has 0 fully saturated rings. The van der Waals surface area contributed by atoms with E-state index in [9.17, 15) is 13.2 Å². The Balaban J connectivity index is 2.05. The fourth-order valence-corrected chi connectivity index (χ4v) is 4.51. The number of sulfonamides is 1. The maximum atomic E-state index is 12.6. The Bertz CT molecular complexity index is 800. The molecule has 1 aromatic heterocycles. The molecule has 9 heteroatoms. The van der Waals surface area contributed by atoms with E-state index in [2.05, 4.69) is 0 Å². The van der Waals surface area contributed by atoms with Crippen molar-refractivity contribution >= 4 is 33.0 Å². The molecule has 0 atom stereocenters. The second-order valence-corrected chi connectivity index (χ2v) is 7.41. The third-order valence-electron chi connectivity index (χ3n) is 2.96. The number of hydrogen-bond donors (Lipinski definition) is 1. The Morgan fingerprint density at radius 2 is 2.05 bits per heavy atom. The number of fused-ring (bicyclic) bond motifs is 1. The number of thiophene rings is 1. The lowest BCUT2D eigenvalue weighted by Crippen LogP contribution is -2.35. The topological polar surface area (TPSA) is 93.1 Å². The number of rotatable bonds is 5. The molecule has 22 heavy (non-hydrogen) atoms. The summed E-state index contributed by atoms with van der Waals surface area (Å²) in [5.41, 5.74) is 0.208. The summed E-state index contributed by atoms with van der Waals surface area (Å²) in [5.74, 6) is -0.375. The highest BCUT2D eigenvalue weighted by Crippen LogP contribution is 2.37. The molecule has 0 unspecified atom stereocenters. The van der Waals surface area contributed by atoms with Crippen LogP contribution in [0.3, 0.4) is 0 Å². The van der Waals surface area contributed by atoms with E-state index in [0.717, 1.165) is 15.6 Å². The van der Waals surface area contributed by atoms with Crippen LogP contribution in [0.15, 0.2) is 39.9 Å². The summed E-state index contributed by atoms with van der Waals surface area (Å²) in [5, 5.41) is 10.7. The number of nitrogens with zero attached hydrogens (tertiary/aromatic N) is 1. The summed E-state index contributed by atoms with van der Waals surface area (Å²) in [6.45, 7) is -0.630. The maximum absolute atomic E-state index is 12.6. The van der Waals surface area contributed by atoms with E-state index >= 15 is 0 Å². The Morgan fingerprint density at radius 3 is 2.73 bits per heavy atom. The van der Waals surface area contributed by atoms with Gasteiger partial charge < -0.3 is 14.6 Å². The molecule has 7 nitrogen and oxygen atoms in total.